The highest BCUT2D eigenvalue weighted by atomic mass is 32.2. The minimum absolute atomic E-state index is 0.0278. The lowest BCUT2D eigenvalue weighted by Crippen LogP contribution is -2.23. The number of nitro groups is 1. The predicted octanol–water partition coefficient (Wildman–Crippen LogP) is 3.26. The van der Waals surface area contributed by atoms with Crippen molar-refractivity contribution in [2.24, 2.45) is 0 Å². The standard InChI is InChI=1S/C14H14N4O3S2/c19-18(20)11-5-3-10(4-6-11)13-16-15-12(21-13)9-23-14(22)17-7-1-2-8-17/h3-6H,1-2,7-9H2. The lowest BCUT2D eigenvalue weighted by Gasteiger charge is -2.16. The van der Waals surface area contributed by atoms with Gasteiger partial charge in [-0.05, 0) is 25.0 Å². The van der Waals surface area contributed by atoms with Crippen LogP contribution in [0.15, 0.2) is 28.7 Å². The Morgan fingerprint density at radius 2 is 2.00 bits per heavy atom. The number of rotatable bonds is 4. The van der Waals surface area contributed by atoms with Crippen LogP contribution in [0.2, 0.25) is 0 Å². The van der Waals surface area contributed by atoms with E-state index in [1.54, 1.807) is 12.1 Å². The maximum atomic E-state index is 10.6. The molecule has 1 fully saturated rings. The zero-order valence-corrected chi connectivity index (χ0v) is 13.8. The first-order chi connectivity index (χ1) is 11.1. The van der Waals surface area contributed by atoms with Crippen LogP contribution in [0.3, 0.4) is 0 Å². The number of nitrogens with zero attached hydrogens (tertiary/aromatic N) is 4. The summed E-state index contributed by atoms with van der Waals surface area (Å²) < 4.78 is 6.45. The van der Waals surface area contributed by atoms with Crippen molar-refractivity contribution in [1.82, 2.24) is 15.1 Å². The molecule has 1 aliphatic heterocycles. The molecule has 23 heavy (non-hydrogen) atoms. The average molecular weight is 350 g/mol. The molecule has 0 atom stereocenters. The van der Waals surface area contributed by atoms with Gasteiger partial charge in [0, 0.05) is 30.8 Å². The molecular formula is C14H14N4O3S2. The molecule has 0 aliphatic carbocycles. The molecule has 1 aliphatic rings. The minimum atomic E-state index is -0.445. The molecular weight excluding hydrogens is 336 g/mol. The van der Waals surface area contributed by atoms with Crippen molar-refractivity contribution in [1.29, 1.82) is 0 Å². The molecule has 0 saturated carbocycles. The number of hydrogen-bond donors (Lipinski definition) is 0. The van der Waals surface area contributed by atoms with E-state index in [1.807, 2.05) is 0 Å². The minimum Gasteiger partial charge on any atom is -0.420 e. The molecule has 0 amide bonds. The number of aromatic nitrogens is 2. The summed E-state index contributed by atoms with van der Waals surface area (Å²) in [6, 6.07) is 6.02. The Labute approximate surface area is 142 Å². The third kappa shape index (κ3) is 3.85. The molecule has 0 radical (unpaired) electrons. The van der Waals surface area contributed by atoms with Crippen LogP contribution in [0.4, 0.5) is 5.69 Å². The molecule has 0 N–H and O–H groups in total. The van der Waals surface area contributed by atoms with Crippen LogP contribution in [0.5, 0.6) is 0 Å². The lowest BCUT2D eigenvalue weighted by atomic mass is 10.2. The first-order valence-electron chi connectivity index (χ1n) is 7.12. The second-order valence-electron chi connectivity index (χ2n) is 5.05. The van der Waals surface area contributed by atoms with E-state index in [-0.39, 0.29) is 5.69 Å². The molecule has 3 rings (SSSR count). The number of benzene rings is 1. The fraction of sp³-hybridized carbons (Fsp3) is 0.357. The highest BCUT2D eigenvalue weighted by Gasteiger charge is 2.17. The Balaban J connectivity index is 1.61. The van der Waals surface area contributed by atoms with Gasteiger partial charge in [-0.3, -0.25) is 10.1 Å². The third-order valence-corrected chi connectivity index (χ3v) is 4.98. The van der Waals surface area contributed by atoms with Gasteiger partial charge in [0.25, 0.3) is 5.69 Å². The SMILES string of the molecule is O=[N+]([O-])c1ccc(-c2nnc(CSC(=S)N3CCCC3)o2)cc1. The van der Waals surface area contributed by atoms with Gasteiger partial charge in [-0.15, -0.1) is 10.2 Å². The highest BCUT2D eigenvalue weighted by Crippen LogP contribution is 2.24. The Morgan fingerprint density at radius 3 is 2.65 bits per heavy atom. The first kappa shape index (κ1) is 15.9. The van der Waals surface area contributed by atoms with E-state index in [0.29, 0.717) is 23.1 Å². The van der Waals surface area contributed by atoms with E-state index in [1.165, 1.54) is 36.7 Å². The molecule has 0 spiro atoms. The lowest BCUT2D eigenvalue weighted by molar-refractivity contribution is -0.384. The van der Waals surface area contributed by atoms with Gasteiger partial charge in [0.2, 0.25) is 11.8 Å². The van der Waals surface area contributed by atoms with E-state index >= 15 is 0 Å². The fourth-order valence-electron chi connectivity index (χ4n) is 2.27. The summed E-state index contributed by atoms with van der Waals surface area (Å²) in [5.74, 6) is 1.36. The van der Waals surface area contributed by atoms with E-state index in [0.717, 1.165) is 17.4 Å². The van der Waals surface area contributed by atoms with E-state index in [4.69, 9.17) is 16.6 Å². The molecule has 1 aromatic heterocycles. The summed E-state index contributed by atoms with van der Waals surface area (Å²) in [5.41, 5.74) is 0.682. The summed E-state index contributed by atoms with van der Waals surface area (Å²) in [6.45, 7) is 2.04. The van der Waals surface area contributed by atoms with E-state index in [2.05, 4.69) is 15.1 Å². The van der Waals surface area contributed by atoms with Gasteiger partial charge in [0.05, 0.1) is 10.7 Å². The number of non-ortho nitro benzene ring substituents is 1. The smallest absolute Gasteiger partial charge is 0.269 e. The van der Waals surface area contributed by atoms with Crippen molar-refractivity contribution in [3.05, 3.63) is 40.3 Å². The van der Waals surface area contributed by atoms with Gasteiger partial charge in [0.15, 0.2) is 0 Å². The van der Waals surface area contributed by atoms with Crippen LogP contribution in [0, 0.1) is 10.1 Å². The zero-order valence-electron chi connectivity index (χ0n) is 12.2. The molecule has 9 heteroatoms. The predicted molar refractivity (Wildman–Crippen MR) is 91.1 cm³/mol. The number of thiocarbonyl (C=S) groups is 1. The second-order valence-corrected chi connectivity index (χ2v) is 6.66. The topological polar surface area (TPSA) is 85.3 Å². The molecule has 0 bridgehead atoms. The second kappa shape index (κ2) is 7.05. The summed E-state index contributed by atoms with van der Waals surface area (Å²) in [6.07, 6.45) is 2.37. The van der Waals surface area contributed by atoms with E-state index < -0.39 is 4.92 Å². The van der Waals surface area contributed by atoms with Gasteiger partial charge in [0.1, 0.15) is 4.32 Å². The van der Waals surface area contributed by atoms with E-state index in [9.17, 15) is 10.1 Å². The first-order valence-corrected chi connectivity index (χ1v) is 8.52. The van der Waals surface area contributed by atoms with Crippen LogP contribution >= 0.6 is 24.0 Å². The fourth-order valence-corrected chi connectivity index (χ4v) is 3.36. The molecule has 120 valence electrons. The monoisotopic (exact) mass is 350 g/mol. The number of thioether (sulfide) groups is 1. The van der Waals surface area contributed by atoms with Crippen LogP contribution in [-0.4, -0.2) is 37.4 Å². The Bertz CT molecular complexity index is 711. The summed E-state index contributed by atoms with van der Waals surface area (Å²) >= 11 is 6.90. The van der Waals surface area contributed by atoms with Gasteiger partial charge in [-0.1, -0.05) is 24.0 Å². The maximum Gasteiger partial charge on any atom is 0.269 e. The van der Waals surface area contributed by atoms with Crippen LogP contribution < -0.4 is 0 Å². The summed E-state index contributed by atoms with van der Waals surface area (Å²) in [5, 5.41) is 18.6. The third-order valence-electron chi connectivity index (χ3n) is 3.48. The van der Waals surface area contributed by atoms with Crippen LogP contribution in [0.25, 0.3) is 11.5 Å². The van der Waals surface area contributed by atoms with Gasteiger partial charge >= 0.3 is 0 Å². The molecule has 2 heterocycles. The maximum absolute atomic E-state index is 10.6. The zero-order chi connectivity index (χ0) is 16.2. The normalized spacial score (nSPS) is 14.2. The van der Waals surface area contributed by atoms with Gasteiger partial charge in [-0.2, -0.15) is 0 Å². The highest BCUT2D eigenvalue weighted by molar-refractivity contribution is 8.22. The summed E-state index contributed by atoms with van der Waals surface area (Å²) in [7, 11) is 0. The van der Waals surface area contributed by atoms with Crippen molar-refractivity contribution in [3.63, 3.8) is 0 Å². The molecule has 0 unspecified atom stereocenters. The Kier molecular flexibility index (Phi) is 4.87. The number of likely N-dealkylation sites (tertiary alicyclic amines) is 1. The molecule has 1 saturated heterocycles. The quantitative estimate of drug-likeness (QED) is 0.472. The van der Waals surface area contributed by atoms with Crippen LogP contribution in [0.1, 0.15) is 18.7 Å². The summed E-state index contributed by atoms with van der Waals surface area (Å²) in [4.78, 5) is 12.4. The Morgan fingerprint density at radius 1 is 1.30 bits per heavy atom. The number of nitro benzene ring substituents is 1. The van der Waals surface area contributed by atoms with Crippen LogP contribution in [-0.2, 0) is 5.75 Å². The largest absolute Gasteiger partial charge is 0.420 e. The van der Waals surface area contributed by atoms with Gasteiger partial charge < -0.3 is 9.32 Å². The van der Waals surface area contributed by atoms with Crippen molar-refractivity contribution < 1.29 is 9.34 Å². The van der Waals surface area contributed by atoms with Crippen molar-refractivity contribution >= 4 is 34.0 Å². The van der Waals surface area contributed by atoms with Gasteiger partial charge in [-0.25, -0.2) is 0 Å². The molecule has 2 aromatic rings. The average Bonchev–Trinajstić information content (AvgIpc) is 3.24. The van der Waals surface area contributed by atoms with Crippen molar-refractivity contribution in [2.45, 2.75) is 18.6 Å². The Hall–Kier alpha value is -2.00. The van der Waals surface area contributed by atoms with Crippen molar-refractivity contribution in [3.8, 4) is 11.5 Å². The number of hydrogen-bond acceptors (Lipinski definition) is 7. The van der Waals surface area contributed by atoms with Crippen molar-refractivity contribution in [2.75, 3.05) is 13.1 Å². The molecule has 7 nitrogen and oxygen atoms in total. The molecule has 1 aromatic carbocycles.